The van der Waals surface area contributed by atoms with E-state index in [1.807, 2.05) is 0 Å². The van der Waals surface area contributed by atoms with E-state index in [9.17, 15) is 35.7 Å². The Morgan fingerprint density at radius 2 is 1.50 bits per heavy atom. The molecule has 0 radical (unpaired) electrons. The first kappa shape index (κ1) is 39.2. The number of ether oxygens (including phenoxy) is 5. The molecule has 6 aliphatic rings. The third kappa shape index (κ3) is 6.96. The molecule has 4 saturated carbocycles. The summed E-state index contributed by atoms with van der Waals surface area (Å²) < 4.78 is 29.6. The first-order chi connectivity index (χ1) is 23.6. The van der Waals surface area contributed by atoms with Gasteiger partial charge in [0.05, 0.1) is 37.6 Å². The number of fused-ring (bicyclic) bond motifs is 5. The predicted molar refractivity (Wildman–Crippen MR) is 181 cm³/mol. The van der Waals surface area contributed by atoms with Gasteiger partial charge in [-0.3, -0.25) is 0 Å². The molecule has 2 heterocycles. The van der Waals surface area contributed by atoms with Crippen molar-refractivity contribution in [3.05, 3.63) is 0 Å². The molecule has 2 saturated heterocycles. The highest BCUT2D eigenvalue weighted by Crippen LogP contribution is 2.68. The van der Waals surface area contributed by atoms with Crippen molar-refractivity contribution >= 4 is 0 Å². The van der Waals surface area contributed by atoms with Gasteiger partial charge in [0.1, 0.15) is 36.6 Å². The maximum Gasteiger partial charge on any atom is 0.187 e. The zero-order valence-electron chi connectivity index (χ0n) is 30.9. The van der Waals surface area contributed by atoms with Gasteiger partial charge in [0, 0.05) is 7.11 Å². The molecule has 12 heteroatoms. The summed E-state index contributed by atoms with van der Waals surface area (Å²) in [6, 6.07) is 0. The van der Waals surface area contributed by atoms with Crippen LogP contribution in [0, 0.1) is 52.3 Å². The van der Waals surface area contributed by atoms with Crippen LogP contribution in [-0.4, -0.2) is 130 Å². The van der Waals surface area contributed by atoms with Gasteiger partial charge in [0.15, 0.2) is 12.6 Å². The molecule has 0 spiro atoms. The quantitative estimate of drug-likeness (QED) is 0.165. The second-order valence-corrected chi connectivity index (χ2v) is 17.8. The summed E-state index contributed by atoms with van der Waals surface area (Å²) >= 11 is 0. The van der Waals surface area contributed by atoms with Crippen LogP contribution >= 0.6 is 0 Å². The van der Waals surface area contributed by atoms with Crippen molar-refractivity contribution in [2.75, 3.05) is 20.3 Å². The molecule has 7 N–H and O–H groups in total. The minimum Gasteiger partial charge on any atom is -0.394 e. The van der Waals surface area contributed by atoms with E-state index >= 15 is 0 Å². The number of methoxy groups -OCH3 is 1. The normalized spacial score (nSPS) is 52.0. The van der Waals surface area contributed by atoms with Crippen molar-refractivity contribution in [3.63, 3.8) is 0 Å². The van der Waals surface area contributed by atoms with Crippen molar-refractivity contribution in [3.8, 4) is 0 Å². The molecular weight excluding hydrogens is 648 g/mol. The van der Waals surface area contributed by atoms with Gasteiger partial charge in [0.25, 0.3) is 0 Å². The Morgan fingerprint density at radius 1 is 0.780 bits per heavy atom. The monoisotopic (exact) mass is 714 g/mol. The van der Waals surface area contributed by atoms with Gasteiger partial charge in [-0.1, -0.05) is 34.6 Å². The topological polar surface area (TPSA) is 188 Å². The van der Waals surface area contributed by atoms with Crippen molar-refractivity contribution < 1.29 is 59.4 Å². The molecule has 0 bridgehead atoms. The van der Waals surface area contributed by atoms with Crippen LogP contribution in [0.4, 0.5) is 0 Å². The van der Waals surface area contributed by atoms with Crippen molar-refractivity contribution in [1.82, 2.24) is 0 Å². The maximum absolute atomic E-state index is 11.7. The molecule has 6 rings (SSSR count). The molecular formula is C38H66O12. The van der Waals surface area contributed by atoms with Gasteiger partial charge < -0.3 is 59.4 Å². The molecule has 6 fully saturated rings. The number of hydrogen-bond donors (Lipinski definition) is 7. The number of aliphatic hydroxyl groups is 7. The fraction of sp³-hybridized carbons (Fsp3) is 1.00. The van der Waals surface area contributed by atoms with Crippen molar-refractivity contribution in [1.29, 1.82) is 0 Å². The van der Waals surface area contributed by atoms with Gasteiger partial charge in [-0.15, -0.1) is 0 Å². The second kappa shape index (κ2) is 15.3. The number of rotatable bonds is 11. The number of aliphatic hydroxyl groups excluding tert-OH is 7. The minimum atomic E-state index is -1.24. The minimum absolute atomic E-state index is 0.00468. The smallest absolute Gasteiger partial charge is 0.187 e. The third-order valence-electron chi connectivity index (χ3n) is 14.8. The second-order valence-electron chi connectivity index (χ2n) is 17.8. The van der Waals surface area contributed by atoms with Crippen LogP contribution in [0.2, 0.25) is 0 Å². The summed E-state index contributed by atoms with van der Waals surface area (Å²) in [5.41, 5.74) is -0.0391. The summed E-state index contributed by atoms with van der Waals surface area (Å²) in [5.74, 6) is 1.72. The van der Waals surface area contributed by atoms with E-state index in [-0.39, 0.29) is 53.3 Å². The Morgan fingerprint density at radius 3 is 2.18 bits per heavy atom. The van der Waals surface area contributed by atoms with Crippen LogP contribution in [0.25, 0.3) is 0 Å². The lowest BCUT2D eigenvalue weighted by atomic mass is 9.43. The average molecular weight is 715 g/mol. The molecule has 0 aromatic carbocycles. The van der Waals surface area contributed by atoms with Crippen LogP contribution < -0.4 is 0 Å². The third-order valence-corrected chi connectivity index (χ3v) is 14.8. The maximum atomic E-state index is 11.7. The molecule has 50 heavy (non-hydrogen) atoms. The van der Waals surface area contributed by atoms with E-state index in [0.29, 0.717) is 30.6 Å². The summed E-state index contributed by atoms with van der Waals surface area (Å²) in [7, 11) is 1.38. The Bertz CT molecular complexity index is 1130. The summed E-state index contributed by atoms with van der Waals surface area (Å²) in [6.45, 7) is 10.6. The molecule has 5 unspecified atom stereocenters. The molecule has 0 amide bonds. The first-order valence-electron chi connectivity index (χ1n) is 19.4. The Labute approximate surface area is 297 Å². The van der Waals surface area contributed by atoms with E-state index in [2.05, 4.69) is 34.6 Å². The molecule has 20 atom stereocenters. The number of hydrogen-bond acceptors (Lipinski definition) is 12. The standard InChI is InChI=1S/C38H66O12/c1-18(2)28(48-36-34(32(45)29(16-39)49-36)50-35-33(46-6)31(44)27(43)17-47-35)8-7-19(3)23-15-26(42)30-21-14-25(41)24-13-20(40)9-11-37(24,4)22(21)10-12-38(23,30)5/h18-36,39-45H,7-17H2,1-6H3/t19-,20+,21-,22?,23?,24?,25+,26-,27+,28?,29-,30?,31-,32-,33+,34+,35+,36-,37-,38-/m1/s1. The van der Waals surface area contributed by atoms with Gasteiger partial charge >= 0.3 is 0 Å². The van der Waals surface area contributed by atoms with Gasteiger partial charge in [-0.05, 0) is 110 Å². The highest BCUT2D eigenvalue weighted by molar-refractivity contribution is 5.13. The zero-order chi connectivity index (χ0) is 36.3. The van der Waals surface area contributed by atoms with E-state index in [1.165, 1.54) is 7.11 Å². The van der Waals surface area contributed by atoms with Crippen molar-refractivity contribution in [2.24, 2.45) is 52.3 Å². The van der Waals surface area contributed by atoms with E-state index in [0.717, 1.165) is 44.9 Å². The molecule has 290 valence electrons. The molecule has 0 aromatic rings. The van der Waals surface area contributed by atoms with Gasteiger partial charge in [-0.2, -0.15) is 0 Å². The Balaban J connectivity index is 1.11. The molecule has 2 aliphatic heterocycles. The molecule has 0 aromatic heterocycles. The van der Waals surface area contributed by atoms with Crippen LogP contribution in [0.15, 0.2) is 0 Å². The zero-order valence-corrected chi connectivity index (χ0v) is 30.9. The van der Waals surface area contributed by atoms with Crippen LogP contribution in [-0.2, 0) is 23.7 Å². The lowest BCUT2D eigenvalue weighted by molar-refractivity contribution is -0.311. The van der Waals surface area contributed by atoms with Crippen LogP contribution in [0.5, 0.6) is 0 Å². The lowest BCUT2D eigenvalue weighted by Crippen LogP contribution is -2.59. The lowest BCUT2D eigenvalue weighted by Gasteiger charge is -2.62. The first-order valence-corrected chi connectivity index (χ1v) is 19.4. The Kier molecular flexibility index (Phi) is 12.0. The van der Waals surface area contributed by atoms with Crippen molar-refractivity contribution in [2.45, 2.75) is 166 Å². The summed E-state index contributed by atoms with van der Waals surface area (Å²) in [4.78, 5) is 0. The summed E-state index contributed by atoms with van der Waals surface area (Å²) in [5, 5.41) is 75.1. The van der Waals surface area contributed by atoms with E-state index in [4.69, 9.17) is 23.7 Å². The largest absolute Gasteiger partial charge is 0.394 e. The van der Waals surface area contributed by atoms with Gasteiger partial charge in [-0.25, -0.2) is 0 Å². The fourth-order valence-corrected chi connectivity index (χ4v) is 12.0. The average Bonchev–Trinajstić information content (AvgIpc) is 3.52. The van der Waals surface area contributed by atoms with Crippen LogP contribution in [0.1, 0.15) is 92.4 Å². The van der Waals surface area contributed by atoms with Crippen LogP contribution in [0.3, 0.4) is 0 Å². The highest BCUT2D eigenvalue weighted by Gasteiger charge is 2.64. The van der Waals surface area contributed by atoms with E-state index < -0.39 is 68.0 Å². The molecule has 12 nitrogen and oxygen atoms in total. The molecule has 4 aliphatic carbocycles. The predicted octanol–water partition coefficient (Wildman–Crippen LogP) is 1.96. The summed E-state index contributed by atoms with van der Waals surface area (Å²) in [6.07, 6.45) is -2.49. The Hall–Kier alpha value is -0.480. The fourth-order valence-electron chi connectivity index (χ4n) is 12.0. The SMILES string of the molecule is CO[C@@H]1[C@H](O[C@@H]2[C@H](OC(CC[C@@H](C)C3C[C@@H](O)C4[C@@H]5C[C@H](O)C6C[C@@H](O)CC[C@]6(C)C5CC[C@]34C)C(C)C)O[C@H](CO)[C@H]2O)OC[C@H](O)[C@H]1O. The highest BCUT2D eigenvalue weighted by atomic mass is 16.8. The van der Waals surface area contributed by atoms with E-state index in [1.54, 1.807) is 0 Å². The van der Waals surface area contributed by atoms with Gasteiger partial charge in [0.2, 0.25) is 0 Å².